The van der Waals surface area contributed by atoms with Crippen LogP contribution in [0.4, 0.5) is 0 Å². The Morgan fingerprint density at radius 1 is 0.500 bits per heavy atom. The number of hydrogen-bond donors (Lipinski definition) is 0. The van der Waals surface area contributed by atoms with Crippen LogP contribution in [0, 0.1) is 0 Å². The van der Waals surface area contributed by atoms with Crippen molar-refractivity contribution in [1.82, 2.24) is 0 Å². The fraction of sp³-hybridized carbons (Fsp3) is 0.174. The van der Waals surface area contributed by atoms with Gasteiger partial charge < -0.3 is 0 Å². The Morgan fingerprint density at radius 3 is 1.72 bits per heavy atom. The van der Waals surface area contributed by atoms with Gasteiger partial charge in [-0.1, -0.05) is 131 Å². The molecule has 0 heteroatoms. The van der Waals surface area contributed by atoms with E-state index >= 15 is 0 Å². The molecule has 7 aromatic rings. The molecule has 0 heterocycles. The van der Waals surface area contributed by atoms with Gasteiger partial charge in [0.05, 0.1) is 0 Å². The number of rotatable bonds is 3. The van der Waals surface area contributed by atoms with Crippen LogP contribution in [-0.2, 0) is 10.8 Å². The van der Waals surface area contributed by atoms with Crippen LogP contribution in [0.3, 0.4) is 0 Å². The maximum absolute atomic E-state index is 2.47. The van der Waals surface area contributed by atoms with E-state index < -0.39 is 0 Å². The van der Waals surface area contributed by atoms with E-state index in [1.165, 1.54) is 99.1 Å². The molecule has 0 aromatic heterocycles. The van der Waals surface area contributed by atoms with Crippen LogP contribution in [0.15, 0.2) is 127 Å². The number of hydrogen-bond acceptors (Lipinski definition) is 0. The molecule has 0 spiro atoms. The molecule has 7 aromatic carbocycles. The summed E-state index contributed by atoms with van der Waals surface area (Å²) >= 11 is 0. The van der Waals surface area contributed by atoms with Gasteiger partial charge in [0, 0.05) is 10.8 Å². The summed E-state index contributed by atoms with van der Waals surface area (Å²) in [5.41, 5.74) is 16.3. The zero-order valence-corrected chi connectivity index (χ0v) is 27.5. The molecular weight excluding hydrogens is 553 g/mol. The Kier molecular flexibility index (Phi) is 5.54. The molecule has 0 saturated heterocycles. The molecule has 9 rings (SSSR count). The van der Waals surface area contributed by atoms with Crippen LogP contribution in [0.2, 0.25) is 0 Å². The lowest BCUT2D eigenvalue weighted by Crippen LogP contribution is -2.16. The maximum atomic E-state index is 2.47. The van der Waals surface area contributed by atoms with Gasteiger partial charge in [-0.05, 0) is 131 Å². The van der Waals surface area contributed by atoms with Gasteiger partial charge in [-0.25, -0.2) is 0 Å². The van der Waals surface area contributed by atoms with Crippen LogP contribution >= 0.6 is 0 Å². The summed E-state index contributed by atoms with van der Waals surface area (Å²) in [7, 11) is 0. The van der Waals surface area contributed by atoms with Crippen LogP contribution in [0.25, 0.3) is 71.3 Å². The SMILES string of the molecule is C/C=C\C1=C(C)c2ccc(-c3ccc(-c4ccc5c(c4)C(C)(C)c4cc6ccc7cccc8ccc(c4-5)c6c78)cc3)cc2C1(C)C. The quantitative estimate of drug-likeness (QED) is 0.180. The van der Waals surface area contributed by atoms with Crippen molar-refractivity contribution in [2.75, 3.05) is 0 Å². The Hall–Kier alpha value is -4.94. The highest BCUT2D eigenvalue weighted by Gasteiger charge is 2.38. The first kappa shape index (κ1) is 27.4. The summed E-state index contributed by atoms with van der Waals surface area (Å²) in [6.07, 6.45) is 4.45. The summed E-state index contributed by atoms with van der Waals surface area (Å²) in [6, 6.07) is 41.8. The van der Waals surface area contributed by atoms with E-state index in [1.54, 1.807) is 0 Å². The van der Waals surface area contributed by atoms with Gasteiger partial charge in [-0.15, -0.1) is 0 Å². The average Bonchev–Trinajstić information content (AvgIpc) is 3.41. The van der Waals surface area contributed by atoms with E-state index in [1.807, 2.05) is 0 Å². The van der Waals surface area contributed by atoms with Crippen LogP contribution < -0.4 is 0 Å². The lowest BCUT2D eigenvalue weighted by molar-refractivity contribution is 0.654. The number of allylic oxidation sites excluding steroid dienone is 4. The zero-order valence-electron chi connectivity index (χ0n) is 27.5. The molecule has 46 heavy (non-hydrogen) atoms. The highest BCUT2D eigenvalue weighted by Crippen LogP contribution is 2.54. The van der Waals surface area contributed by atoms with E-state index in [0.717, 1.165) is 0 Å². The van der Waals surface area contributed by atoms with Crippen molar-refractivity contribution >= 4 is 37.9 Å². The second kappa shape index (κ2) is 9.30. The molecule has 0 unspecified atom stereocenters. The number of fused-ring (bicyclic) bond motifs is 5. The third-order valence-electron chi connectivity index (χ3n) is 11.3. The van der Waals surface area contributed by atoms with E-state index in [0.29, 0.717) is 0 Å². The molecule has 2 aliphatic rings. The molecule has 0 radical (unpaired) electrons. The van der Waals surface area contributed by atoms with Crippen molar-refractivity contribution in [3.05, 3.63) is 149 Å². The Bertz CT molecular complexity index is 2440. The first-order chi connectivity index (χ1) is 22.2. The van der Waals surface area contributed by atoms with Gasteiger partial charge in [0.1, 0.15) is 0 Å². The molecule has 0 aliphatic heterocycles. The maximum Gasteiger partial charge on any atom is 0.0159 e. The molecule has 0 atom stereocenters. The molecule has 0 bridgehead atoms. The average molecular weight is 591 g/mol. The molecule has 0 amide bonds. The van der Waals surface area contributed by atoms with Crippen LogP contribution in [0.5, 0.6) is 0 Å². The summed E-state index contributed by atoms with van der Waals surface area (Å²) in [5, 5.41) is 8.15. The zero-order chi connectivity index (χ0) is 31.5. The van der Waals surface area contributed by atoms with Crippen LogP contribution in [-0.4, -0.2) is 0 Å². The summed E-state index contributed by atoms with van der Waals surface area (Å²) in [5.74, 6) is 0. The summed E-state index contributed by atoms with van der Waals surface area (Å²) in [6.45, 7) is 13.9. The Morgan fingerprint density at radius 2 is 1.07 bits per heavy atom. The van der Waals surface area contributed by atoms with Crippen LogP contribution in [0.1, 0.15) is 63.8 Å². The molecule has 0 nitrogen and oxygen atoms in total. The first-order valence-corrected chi connectivity index (χ1v) is 16.6. The van der Waals surface area contributed by atoms with Crippen molar-refractivity contribution in [2.45, 2.75) is 52.4 Å². The minimum absolute atomic E-state index is 0.00614. The van der Waals surface area contributed by atoms with Gasteiger partial charge in [0.2, 0.25) is 0 Å². The van der Waals surface area contributed by atoms with Crippen molar-refractivity contribution in [3.8, 4) is 33.4 Å². The number of benzene rings is 7. The second-order valence-corrected chi connectivity index (χ2v) is 14.5. The minimum atomic E-state index is -0.0831. The van der Waals surface area contributed by atoms with E-state index in [2.05, 4.69) is 163 Å². The van der Waals surface area contributed by atoms with Gasteiger partial charge >= 0.3 is 0 Å². The second-order valence-electron chi connectivity index (χ2n) is 14.5. The Balaban J connectivity index is 1.11. The predicted molar refractivity (Wildman–Crippen MR) is 199 cm³/mol. The van der Waals surface area contributed by atoms with Crippen molar-refractivity contribution in [2.24, 2.45) is 0 Å². The molecule has 0 N–H and O–H groups in total. The normalized spacial score (nSPS) is 16.2. The fourth-order valence-electron chi connectivity index (χ4n) is 8.88. The van der Waals surface area contributed by atoms with Gasteiger partial charge in [0.25, 0.3) is 0 Å². The molecule has 0 fully saturated rings. The monoisotopic (exact) mass is 590 g/mol. The van der Waals surface area contributed by atoms with E-state index in [-0.39, 0.29) is 10.8 Å². The summed E-state index contributed by atoms with van der Waals surface area (Å²) < 4.78 is 0. The van der Waals surface area contributed by atoms with Crippen molar-refractivity contribution in [1.29, 1.82) is 0 Å². The lowest BCUT2D eigenvalue weighted by atomic mass is 9.80. The highest BCUT2D eigenvalue weighted by molar-refractivity contribution is 6.26. The largest absolute Gasteiger partial charge is 0.0873 e. The topological polar surface area (TPSA) is 0 Å². The predicted octanol–water partition coefficient (Wildman–Crippen LogP) is 12.9. The smallest absolute Gasteiger partial charge is 0.0159 e. The third-order valence-corrected chi connectivity index (χ3v) is 11.3. The fourth-order valence-corrected chi connectivity index (χ4v) is 8.88. The van der Waals surface area contributed by atoms with E-state index in [4.69, 9.17) is 0 Å². The summed E-state index contributed by atoms with van der Waals surface area (Å²) in [4.78, 5) is 0. The molecule has 0 saturated carbocycles. The van der Waals surface area contributed by atoms with Gasteiger partial charge in [-0.3, -0.25) is 0 Å². The van der Waals surface area contributed by atoms with Crippen molar-refractivity contribution in [3.63, 3.8) is 0 Å². The standard InChI is InChI=1S/C46H38/c1-7-9-38-27(2)35-21-19-32(24-39(35)45(38,3)4)28-12-14-29(15-13-28)33-20-22-36-40(25-33)46(5,6)41-26-34-17-16-30-10-8-11-31-18-23-37(44(36)41)43(34)42(30)31/h7-26H,1-6H3/b9-7-. The minimum Gasteiger partial charge on any atom is -0.0873 e. The Labute approximate surface area is 272 Å². The third kappa shape index (κ3) is 3.56. The lowest BCUT2D eigenvalue weighted by Gasteiger charge is -2.23. The highest BCUT2D eigenvalue weighted by atomic mass is 14.4. The molecule has 2 aliphatic carbocycles. The molecular formula is C46H38. The molecule has 222 valence electrons. The van der Waals surface area contributed by atoms with Gasteiger partial charge in [-0.2, -0.15) is 0 Å². The van der Waals surface area contributed by atoms with Crippen molar-refractivity contribution < 1.29 is 0 Å². The van der Waals surface area contributed by atoms with E-state index in [9.17, 15) is 0 Å². The first-order valence-electron chi connectivity index (χ1n) is 16.6. The van der Waals surface area contributed by atoms with Gasteiger partial charge in [0.15, 0.2) is 0 Å².